The molecule has 3 aromatic rings. The lowest BCUT2D eigenvalue weighted by Gasteiger charge is -2.32. The summed E-state index contributed by atoms with van der Waals surface area (Å²) >= 11 is 0. The van der Waals surface area contributed by atoms with Crippen molar-refractivity contribution in [2.24, 2.45) is 5.92 Å². The molecule has 0 aliphatic carbocycles. The molecule has 1 saturated heterocycles. The second-order valence-corrected chi connectivity index (χ2v) is 9.97. The molecular formula is C31H34F3NO4. The van der Waals surface area contributed by atoms with Gasteiger partial charge in [-0.25, -0.2) is 0 Å². The number of aromatic hydroxyl groups is 1. The molecule has 39 heavy (non-hydrogen) atoms. The molecule has 4 rings (SSSR count). The van der Waals surface area contributed by atoms with Crippen LogP contribution < -0.4 is 9.47 Å². The molecule has 0 aromatic heterocycles. The normalized spacial score (nSPS) is 14.8. The Bertz CT molecular complexity index is 1270. The Hall–Kier alpha value is -3.52. The van der Waals surface area contributed by atoms with Crippen LogP contribution in [-0.2, 0) is 12.6 Å². The minimum Gasteiger partial charge on any atom is -0.507 e. The van der Waals surface area contributed by atoms with E-state index in [4.69, 9.17) is 9.47 Å². The zero-order valence-corrected chi connectivity index (χ0v) is 22.3. The molecule has 5 nitrogen and oxygen atoms in total. The summed E-state index contributed by atoms with van der Waals surface area (Å²) in [6.45, 7) is 4.60. The summed E-state index contributed by atoms with van der Waals surface area (Å²) in [7, 11) is 1.54. The van der Waals surface area contributed by atoms with Gasteiger partial charge in [-0.15, -0.1) is 0 Å². The predicted molar refractivity (Wildman–Crippen MR) is 145 cm³/mol. The summed E-state index contributed by atoms with van der Waals surface area (Å²) in [6, 6.07) is 16.5. The number of likely N-dealkylation sites (tertiary alicyclic amines) is 1. The van der Waals surface area contributed by atoms with Crippen LogP contribution >= 0.6 is 0 Å². The smallest absolute Gasteiger partial charge is 0.420 e. The number of phenolic OH excluding ortho intramolecular Hbond substituents is 1. The van der Waals surface area contributed by atoms with Crippen LogP contribution in [0.1, 0.15) is 47.7 Å². The van der Waals surface area contributed by atoms with E-state index in [1.807, 2.05) is 0 Å². The van der Waals surface area contributed by atoms with Gasteiger partial charge in [-0.3, -0.25) is 4.79 Å². The molecule has 8 heteroatoms. The number of phenols is 1. The number of Topliss-reactive ketones (excluding diaryl/α,β-unsaturated/α-hetero) is 1. The third-order valence-corrected chi connectivity index (χ3v) is 7.28. The maximum atomic E-state index is 14.0. The van der Waals surface area contributed by atoms with Gasteiger partial charge in [-0.1, -0.05) is 36.4 Å². The summed E-state index contributed by atoms with van der Waals surface area (Å²) in [5.74, 6) is 0.610. The first-order valence-electron chi connectivity index (χ1n) is 13.2. The number of carbonyl (C=O) groups excluding carboxylic acids is 1. The summed E-state index contributed by atoms with van der Waals surface area (Å²) < 4.78 is 53.1. The number of nitrogens with zero attached hydrogens (tertiary/aromatic N) is 1. The fraction of sp³-hybridized carbons (Fsp3) is 0.387. The van der Waals surface area contributed by atoms with Crippen molar-refractivity contribution in [1.82, 2.24) is 4.90 Å². The Labute approximate surface area is 227 Å². The monoisotopic (exact) mass is 541 g/mol. The minimum absolute atomic E-state index is 0.0363. The van der Waals surface area contributed by atoms with Crippen LogP contribution in [-0.4, -0.2) is 49.1 Å². The average Bonchev–Trinajstić information content (AvgIpc) is 2.92. The van der Waals surface area contributed by atoms with Crippen LogP contribution in [0.3, 0.4) is 0 Å². The third-order valence-electron chi connectivity index (χ3n) is 7.28. The maximum absolute atomic E-state index is 14.0. The standard InChI is InChI=1S/C31H34F3NO4/c1-21(36)24-10-12-27(28(20-24)38-2)39-18-6-15-35-16-13-22(14-17-35)19-25-9-11-26(37)30(31(32,33)34)29(25)23-7-4-3-5-8-23/h3-5,7-12,20,22,37H,6,13-19H2,1-2H3. The van der Waals surface area contributed by atoms with E-state index in [1.165, 1.54) is 13.0 Å². The molecule has 1 N–H and O–H groups in total. The van der Waals surface area contributed by atoms with Crippen LogP contribution in [0.15, 0.2) is 60.7 Å². The molecule has 0 unspecified atom stereocenters. The fourth-order valence-corrected chi connectivity index (χ4v) is 5.23. The highest BCUT2D eigenvalue weighted by Crippen LogP contribution is 2.45. The highest BCUT2D eigenvalue weighted by atomic mass is 19.4. The van der Waals surface area contributed by atoms with Crippen molar-refractivity contribution in [3.8, 4) is 28.4 Å². The minimum atomic E-state index is -4.66. The van der Waals surface area contributed by atoms with E-state index in [9.17, 15) is 23.1 Å². The van der Waals surface area contributed by atoms with Crippen molar-refractivity contribution < 1.29 is 32.5 Å². The van der Waals surface area contributed by atoms with E-state index in [-0.39, 0.29) is 17.3 Å². The van der Waals surface area contributed by atoms with Crippen molar-refractivity contribution in [2.75, 3.05) is 33.4 Å². The van der Waals surface area contributed by atoms with E-state index in [0.29, 0.717) is 41.2 Å². The van der Waals surface area contributed by atoms with E-state index in [2.05, 4.69) is 4.90 Å². The molecule has 0 spiro atoms. The lowest BCUT2D eigenvalue weighted by atomic mass is 9.84. The SMILES string of the molecule is COc1cc(C(C)=O)ccc1OCCCN1CCC(Cc2ccc(O)c(C(F)(F)F)c2-c2ccccc2)CC1. The molecule has 1 fully saturated rings. The number of benzene rings is 3. The number of alkyl halides is 3. The summed E-state index contributed by atoms with van der Waals surface area (Å²) in [5.41, 5.74) is 0.758. The van der Waals surface area contributed by atoms with Gasteiger partial charge in [0.05, 0.1) is 13.7 Å². The zero-order valence-electron chi connectivity index (χ0n) is 22.3. The van der Waals surface area contributed by atoms with E-state index in [0.717, 1.165) is 38.9 Å². The number of methoxy groups -OCH3 is 1. The summed E-state index contributed by atoms with van der Waals surface area (Å²) in [5, 5.41) is 10.1. The Balaban J connectivity index is 1.33. The van der Waals surface area contributed by atoms with Gasteiger partial charge in [0.2, 0.25) is 0 Å². The lowest BCUT2D eigenvalue weighted by molar-refractivity contribution is -0.138. The Kier molecular flexibility index (Phi) is 9.17. The van der Waals surface area contributed by atoms with Crippen LogP contribution in [0, 0.1) is 5.92 Å². The van der Waals surface area contributed by atoms with Crippen molar-refractivity contribution in [3.05, 3.63) is 77.4 Å². The first-order chi connectivity index (χ1) is 18.7. The zero-order chi connectivity index (χ0) is 28.0. The van der Waals surface area contributed by atoms with Gasteiger partial charge < -0.3 is 19.5 Å². The maximum Gasteiger partial charge on any atom is 0.420 e. The first-order valence-corrected chi connectivity index (χ1v) is 13.2. The molecule has 0 saturated carbocycles. The predicted octanol–water partition coefficient (Wildman–Crippen LogP) is 7.01. The third kappa shape index (κ3) is 7.12. The van der Waals surface area contributed by atoms with Gasteiger partial charge in [0.15, 0.2) is 17.3 Å². The van der Waals surface area contributed by atoms with Crippen LogP contribution in [0.2, 0.25) is 0 Å². The van der Waals surface area contributed by atoms with Crippen LogP contribution in [0.4, 0.5) is 13.2 Å². The van der Waals surface area contributed by atoms with Crippen molar-refractivity contribution in [3.63, 3.8) is 0 Å². The summed E-state index contributed by atoms with van der Waals surface area (Å²) in [6.07, 6.45) is -1.54. The second kappa shape index (κ2) is 12.6. The van der Waals surface area contributed by atoms with Crippen LogP contribution in [0.5, 0.6) is 17.2 Å². The van der Waals surface area contributed by atoms with Gasteiger partial charge in [-0.05, 0) is 87.0 Å². The Morgan fingerprint density at radius 2 is 1.74 bits per heavy atom. The van der Waals surface area contributed by atoms with Crippen molar-refractivity contribution in [2.45, 2.75) is 38.8 Å². The molecular weight excluding hydrogens is 507 g/mol. The molecule has 0 atom stereocenters. The van der Waals surface area contributed by atoms with E-state index >= 15 is 0 Å². The molecule has 1 aliphatic heterocycles. The first kappa shape index (κ1) is 28.5. The van der Waals surface area contributed by atoms with E-state index < -0.39 is 17.5 Å². The highest BCUT2D eigenvalue weighted by Gasteiger charge is 2.38. The van der Waals surface area contributed by atoms with Gasteiger partial charge in [0, 0.05) is 17.7 Å². The molecule has 0 radical (unpaired) electrons. The van der Waals surface area contributed by atoms with E-state index in [1.54, 1.807) is 61.7 Å². The van der Waals surface area contributed by atoms with Gasteiger partial charge in [-0.2, -0.15) is 13.2 Å². The quantitative estimate of drug-likeness (QED) is 0.221. The van der Waals surface area contributed by atoms with Crippen molar-refractivity contribution >= 4 is 5.78 Å². The summed E-state index contributed by atoms with van der Waals surface area (Å²) in [4.78, 5) is 13.9. The lowest BCUT2D eigenvalue weighted by Crippen LogP contribution is -2.35. The number of halogens is 3. The number of hydrogen-bond donors (Lipinski definition) is 1. The number of piperidine rings is 1. The number of rotatable bonds is 10. The average molecular weight is 542 g/mol. The molecule has 0 bridgehead atoms. The fourth-order valence-electron chi connectivity index (χ4n) is 5.23. The molecule has 3 aromatic carbocycles. The highest BCUT2D eigenvalue weighted by molar-refractivity contribution is 5.94. The van der Waals surface area contributed by atoms with Crippen molar-refractivity contribution in [1.29, 1.82) is 0 Å². The number of ether oxygens (including phenoxy) is 2. The Morgan fingerprint density at radius 1 is 1.03 bits per heavy atom. The molecule has 1 heterocycles. The van der Waals surface area contributed by atoms with Gasteiger partial charge >= 0.3 is 6.18 Å². The Morgan fingerprint density at radius 3 is 2.38 bits per heavy atom. The largest absolute Gasteiger partial charge is 0.507 e. The number of carbonyl (C=O) groups is 1. The number of hydrogen-bond acceptors (Lipinski definition) is 5. The second-order valence-electron chi connectivity index (χ2n) is 9.97. The number of ketones is 1. The van der Waals surface area contributed by atoms with Crippen LogP contribution in [0.25, 0.3) is 11.1 Å². The molecule has 1 aliphatic rings. The molecule has 0 amide bonds. The van der Waals surface area contributed by atoms with Gasteiger partial charge in [0.25, 0.3) is 0 Å². The topological polar surface area (TPSA) is 59.0 Å². The molecule has 208 valence electrons. The van der Waals surface area contributed by atoms with Gasteiger partial charge in [0.1, 0.15) is 11.3 Å².